The van der Waals surface area contributed by atoms with Crippen molar-refractivity contribution >= 4 is 11.9 Å². The first-order valence-electron chi connectivity index (χ1n) is 5.57. The number of amides is 1. The smallest absolute Gasteiger partial charge is 0.407 e. The molecule has 1 aliphatic carbocycles. The van der Waals surface area contributed by atoms with Crippen LogP contribution in [0.15, 0.2) is 0 Å². The summed E-state index contributed by atoms with van der Waals surface area (Å²) in [5.74, 6) is 0.216. The molecule has 0 aromatic carbocycles. The zero-order valence-electron chi connectivity index (χ0n) is 9.03. The summed E-state index contributed by atoms with van der Waals surface area (Å²) in [5, 5.41) is 9.00. The predicted octanol–water partition coefficient (Wildman–Crippen LogP) is 1.75. The molecule has 0 aromatic heterocycles. The van der Waals surface area contributed by atoms with Crippen LogP contribution in [0.3, 0.4) is 0 Å². The van der Waals surface area contributed by atoms with Crippen LogP contribution in [0.5, 0.6) is 0 Å². The van der Waals surface area contributed by atoms with Gasteiger partial charge < -0.3 is 10.0 Å². The number of rotatable bonds is 1. The lowest BCUT2D eigenvalue weighted by Crippen LogP contribution is -2.53. The number of nitrogens with zero attached hydrogens (tertiary/aromatic N) is 1. The summed E-state index contributed by atoms with van der Waals surface area (Å²) in [6.07, 6.45) is 2.49. The number of carbonyl (C=O) groups excluding carboxylic acids is 1. The van der Waals surface area contributed by atoms with Crippen LogP contribution in [0, 0.1) is 11.3 Å². The maximum absolute atomic E-state index is 11.6. The van der Waals surface area contributed by atoms with Gasteiger partial charge in [0.1, 0.15) is 5.78 Å². The first-order chi connectivity index (χ1) is 7.06. The van der Waals surface area contributed by atoms with E-state index in [2.05, 4.69) is 6.92 Å². The molecule has 15 heavy (non-hydrogen) atoms. The minimum atomic E-state index is -0.882. The Morgan fingerprint density at radius 1 is 1.67 bits per heavy atom. The van der Waals surface area contributed by atoms with Crippen molar-refractivity contribution in [1.29, 1.82) is 0 Å². The van der Waals surface area contributed by atoms with Gasteiger partial charge in [-0.1, -0.05) is 6.92 Å². The molecule has 2 atom stereocenters. The fourth-order valence-electron chi connectivity index (χ4n) is 2.96. The van der Waals surface area contributed by atoms with Crippen LogP contribution in [0.1, 0.15) is 32.6 Å². The number of carbonyl (C=O) groups is 2. The highest BCUT2D eigenvalue weighted by atomic mass is 16.4. The van der Waals surface area contributed by atoms with E-state index in [1.165, 1.54) is 4.90 Å². The van der Waals surface area contributed by atoms with Crippen LogP contribution in [-0.4, -0.2) is 35.0 Å². The molecule has 0 aromatic rings. The number of piperidine rings is 1. The Balaban J connectivity index is 2.21. The maximum atomic E-state index is 11.6. The fourth-order valence-corrected chi connectivity index (χ4v) is 2.96. The van der Waals surface area contributed by atoms with Crippen LogP contribution in [-0.2, 0) is 4.79 Å². The molecule has 2 fully saturated rings. The Kier molecular flexibility index (Phi) is 2.44. The number of hydrogen-bond acceptors (Lipinski definition) is 2. The summed E-state index contributed by atoms with van der Waals surface area (Å²) in [6, 6.07) is 0. The van der Waals surface area contributed by atoms with Gasteiger partial charge in [0.2, 0.25) is 0 Å². The number of Topliss-reactive ketones (excluding diaryl/α,β-unsaturated/α-hetero) is 1. The van der Waals surface area contributed by atoms with E-state index in [0.29, 0.717) is 19.5 Å². The average molecular weight is 211 g/mol. The summed E-state index contributed by atoms with van der Waals surface area (Å²) in [4.78, 5) is 24.0. The van der Waals surface area contributed by atoms with Crippen molar-refractivity contribution in [2.75, 3.05) is 13.1 Å². The molecule has 1 aliphatic heterocycles. The zero-order chi connectivity index (χ0) is 11.1. The summed E-state index contributed by atoms with van der Waals surface area (Å²) >= 11 is 0. The van der Waals surface area contributed by atoms with Gasteiger partial charge in [-0.3, -0.25) is 4.79 Å². The summed E-state index contributed by atoms with van der Waals surface area (Å²) in [6.45, 7) is 3.12. The lowest BCUT2D eigenvalue weighted by Gasteiger charge is -2.47. The highest BCUT2D eigenvalue weighted by Crippen LogP contribution is 2.44. The van der Waals surface area contributed by atoms with Gasteiger partial charge in [0.15, 0.2) is 0 Å². The van der Waals surface area contributed by atoms with Crippen LogP contribution in [0.2, 0.25) is 0 Å². The zero-order valence-corrected chi connectivity index (χ0v) is 9.03. The van der Waals surface area contributed by atoms with Gasteiger partial charge in [-0.2, -0.15) is 0 Å². The third-order valence-corrected chi connectivity index (χ3v) is 4.02. The number of fused-ring (bicyclic) bond motifs is 2. The van der Waals surface area contributed by atoms with E-state index in [-0.39, 0.29) is 17.1 Å². The largest absolute Gasteiger partial charge is 0.465 e. The molecule has 84 valence electrons. The van der Waals surface area contributed by atoms with Crippen molar-refractivity contribution in [3.8, 4) is 0 Å². The third kappa shape index (κ3) is 1.73. The van der Waals surface area contributed by atoms with Crippen molar-refractivity contribution in [3.63, 3.8) is 0 Å². The Bertz CT molecular complexity index is 302. The van der Waals surface area contributed by atoms with E-state index >= 15 is 0 Å². The second kappa shape index (κ2) is 3.51. The van der Waals surface area contributed by atoms with Gasteiger partial charge in [-0.15, -0.1) is 0 Å². The van der Waals surface area contributed by atoms with Crippen LogP contribution < -0.4 is 0 Å². The molecule has 4 nitrogen and oxygen atoms in total. The van der Waals surface area contributed by atoms with Gasteiger partial charge in [0.05, 0.1) is 0 Å². The quantitative estimate of drug-likeness (QED) is 0.718. The monoisotopic (exact) mass is 211 g/mol. The fraction of sp³-hybridized carbons (Fsp3) is 0.818. The Morgan fingerprint density at radius 2 is 2.40 bits per heavy atom. The van der Waals surface area contributed by atoms with E-state index in [1.807, 2.05) is 0 Å². The van der Waals surface area contributed by atoms with E-state index in [9.17, 15) is 9.59 Å². The van der Waals surface area contributed by atoms with Crippen LogP contribution >= 0.6 is 0 Å². The number of ketones is 1. The SMILES string of the molecule is CCC12CCC(=O)C(CN(C(=O)O)C1)C2. The molecular formula is C11H17NO3. The van der Waals surface area contributed by atoms with Crippen LogP contribution in [0.25, 0.3) is 0 Å². The molecule has 2 rings (SSSR count). The van der Waals surface area contributed by atoms with Gasteiger partial charge in [-0.25, -0.2) is 4.79 Å². The molecule has 2 unspecified atom stereocenters. The molecule has 1 heterocycles. The van der Waals surface area contributed by atoms with Crippen molar-refractivity contribution in [2.45, 2.75) is 32.6 Å². The van der Waals surface area contributed by atoms with Crippen molar-refractivity contribution < 1.29 is 14.7 Å². The summed E-state index contributed by atoms with van der Waals surface area (Å²) in [5.41, 5.74) is 0.0786. The Hall–Kier alpha value is -1.06. The topological polar surface area (TPSA) is 57.6 Å². The molecule has 1 saturated heterocycles. The summed E-state index contributed by atoms with van der Waals surface area (Å²) in [7, 11) is 0. The van der Waals surface area contributed by atoms with Gasteiger partial charge in [-0.05, 0) is 24.7 Å². The second-order valence-corrected chi connectivity index (χ2v) is 4.88. The standard InChI is InChI=1S/C11H17NO3/c1-2-11-4-3-9(13)8(5-11)6-12(7-11)10(14)15/h8H,2-7H2,1H3,(H,14,15). The minimum absolute atomic E-state index is 0.0384. The van der Waals surface area contributed by atoms with Crippen molar-refractivity contribution in [2.24, 2.45) is 11.3 Å². The summed E-state index contributed by atoms with van der Waals surface area (Å²) < 4.78 is 0. The number of carboxylic acid groups (broad SMARTS) is 1. The molecular weight excluding hydrogens is 194 g/mol. The number of likely N-dealkylation sites (tertiary alicyclic amines) is 1. The van der Waals surface area contributed by atoms with E-state index in [1.54, 1.807) is 0 Å². The van der Waals surface area contributed by atoms with E-state index in [4.69, 9.17) is 5.11 Å². The van der Waals surface area contributed by atoms with Gasteiger partial charge >= 0.3 is 6.09 Å². The maximum Gasteiger partial charge on any atom is 0.407 e. The van der Waals surface area contributed by atoms with E-state index in [0.717, 1.165) is 19.3 Å². The third-order valence-electron chi connectivity index (χ3n) is 4.02. The van der Waals surface area contributed by atoms with Crippen molar-refractivity contribution in [3.05, 3.63) is 0 Å². The Morgan fingerprint density at radius 3 is 3.00 bits per heavy atom. The van der Waals surface area contributed by atoms with E-state index < -0.39 is 6.09 Å². The minimum Gasteiger partial charge on any atom is -0.465 e. The van der Waals surface area contributed by atoms with Crippen LogP contribution in [0.4, 0.5) is 4.79 Å². The average Bonchev–Trinajstić information content (AvgIpc) is 2.24. The second-order valence-electron chi connectivity index (χ2n) is 4.88. The molecule has 1 saturated carbocycles. The first-order valence-corrected chi connectivity index (χ1v) is 5.57. The Labute approximate surface area is 89.3 Å². The molecule has 4 heteroatoms. The lowest BCUT2D eigenvalue weighted by atomic mass is 9.65. The molecule has 2 aliphatic rings. The molecule has 1 amide bonds. The van der Waals surface area contributed by atoms with Gasteiger partial charge in [0, 0.05) is 25.4 Å². The highest BCUT2D eigenvalue weighted by Gasteiger charge is 2.45. The first kappa shape index (κ1) is 10.5. The molecule has 2 bridgehead atoms. The molecule has 0 radical (unpaired) electrons. The predicted molar refractivity (Wildman–Crippen MR) is 54.7 cm³/mol. The normalized spacial score (nSPS) is 35.4. The molecule has 0 spiro atoms. The van der Waals surface area contributed by atoms with Crippen molar-refractivity contribution in [1.82, 2.24) is 4.90 Å². The van der Waals surface area contributed by atoms with Gasteiger partial charge in [0.25, 0.3) is 0 Å². The molecule has 1 N–H and O–H groups in total. The number of hydrogen-bond donors (Lipinski definition) is 1. The highest BCUT2D eigenvalue weighted by molar-refractivity contribution is 5.83. The lowest BCUT2D eigenvalue weighted by molar-refractivity contribution is -0.131.